The third kappa shape index (κ3) is 2.90. The summed E-state index contributed by atoms with van der Waals surface area (Å²) >= 11 is 0. The van der Waals surface area contributed by atoms with Gasteiger partial charge < -0.3 is 5.73 Å². The quantitative estimate of drug-likeness (QED) is 0.942. The van der Waals surface area contributed by atoms with Crippen molar-refractivity contribution in [1.82, 2.24) is 4.90 Å². The molecule has 1 unspecified atom stereocenters. The molecule has 3 rings (SSSR count). The van der Waals surface area contributed by atoms with E-state index in [1.165, 1.54) is 16.7 Å². The summed E-state index contributed by atoms with van der Waals surface area (Å²) in [6, 6.07) is 19.6. The van der Waals surface area contributed by atoms with Gasteiger partial charge in [0.2, 0.25) is 5.91 Å². The first-order chi connectivity index (χ1) is 10.7. The standard InChI is InChI=1S/C19H22N2O/c1-14-19(15-7-3-2-4-8-15)17-10-6-5-9-16(17)13-21(14)12-11-18(20)22/h2-10,14,19H,11-13H2,1H3,(H2,20,22)/t14-,19?/m0/s1. The van der Waals surface area contributed by atoms with Crippen molar-refractivity contribution >= 4 is 5.91 Å². The first-order valence-corrected chi connectivity index (χ1v) is 7.82. The lowest BCUT2D eigenvalue weighted by Gasteiger charge is -2.41. The first kappa shape index (κ1) is 14.8. The van der Waals surface area contributed by atoms with Gasteiger partial charge in [-0.15, -0.1) is 0 Å². The van der Waals surface area contributed by atoms with Crippen molar-refractivity contribution in [2.75, 3.05) is 6.54 Å². The van der Waals surface area contributed by atoms with E-state index in [0.717, 1.165) is 6.54 Å². The van der Waals surface area contributed by atoms with E-state index in [9.17, 15) is 4.79 Å². The molecule has 1 aliphatic rings. The number of primary amides is 1. The van der Waals surface area contributed by atoms with Crippen molar-refractivity contribution in [3.8, 4) is 0 Å². The van der Waals surface area contributed by atoms with Gasteiger partial charge in [-0.1, -0.05) is 54.6 Å². The summed E-state index contributed by atoms with van der Waals surface area (Å²) in [6.45, 7) is 3.84. The fourth-order valence-corrected chi connectivity index (χ4v) is 3.47. The van der Waals surface area contributed by atoms with Crippen LogP contribution in [0.15, 0.2) is 54.6 Å². The van der Waals surface area contributed by atoms with Crippen molar-refractivity contribution in [3.05, 3.63) is 71.3 Å². The second-order valence-corrected chi connectivity index (χ2v) is 6.01. The van der Waals surface area contributed by atoms with Gasteiger partial charge in [-0.3, -0.25) is 9.69 Å². The van der Waals surface area contributed by atoms with Crippen LogP contribution in [0.2, 0.25) is 0 Å². The Morgan fingerprint density at radius 3 is 2.55 bits per heavy atom. The molecule has 2 atom stereocenters. The Hall–Kier alpha value is -2.13. The maximum absolute atomic E-state index is 11.1. The van der Waals surface area contributed by atoms with E-state index >= 15 is 0 Å². The Morgan fingerprint density at radius 1 is 1.14 bits per heavy atom. The molecule has 0 spiro atoms. The average Bonchev–Trinajstić information content (AvgIpc) is 2.53. The van der Waals surface area contributed by atoms with Gasteiger partial charge >= 0.3 is 0 Å². The number of amides is 1. The molecule has 22 heavy (non-hydrogen) atoms. The highest BCUT2D eigenvalue weighted by molar-refractivity contribution is 5.73. The number of carbonyl (C=O) groups is 1. The highest BCUT2D eigenvalue weighted by Crippen LogP contribution is 2.37. The topological polar surface area (TPSA) is 46.3 Å². The zero-order chi connectivity index (χ0) is 15.5. The predicted molar refractivity (Wildman–Crippen MR) is 88.4 cm³/mol. The van der Waals surface area contributed by atoms with E-state index in [4.69, 9.17) is 5.73 Å². The van der Waals surface area contributed by atoms with Gasteiger partial charge in [-0.25, -0.2) is 0 Å². The lowest BCUT2D eigenvalue weighted by Crippen LogP contribution is -2.43. The van der Waals surface area contributed by atoms with Crippen LogP contribution in [0.3, 0.4) is 0 Å². The molecule has 0 bridgehead atoms. The van der Waals surface area contributed by atoms with Crippen LogP contribution in [0.1, 0.15) is 36.0 Å². The molecule has 114 valence electrons. The van der Waals surface area contributed by atoms with Crippen LogP contribution >= 0.6 is 0 Å². The van der Waals surface area contributed by atoms with Crippen molar-refractivity contribution in [3.63, 3.8) is 0 Å². The number of rotatable bonds is 4. The Bertz CT molecular complexity index is 653. The third-order valence-electron chi connectivity index (χ3n) is 4.63. The Morgan fingerprint density at radius 2 is 1.82 bits per heavy atom. The molecule has 2 N–H and O–H groups in total. The minimum Gasteiger partial charge on any atom is -0.370 e. The summed E-state index contributed by atoms with van der Waals surface area (Å²) in [7, 11) is 0. The largest absolute Gasteiger partial charge is 0.370 e. The van der Waals surface area contributed by atoms with Crippen molar-refractivity contribution in [1.29, 1.82) is 0 Å². The summed E-state index contributed by atoms with van der Waals surface area (Å²) < 4.78 is 0. The lowest BCUT2D eigenvalue weighted by molar-refractivity contribution is -0.118. The molecule has 3 heteroatoms. The highest BCUT2D eigenvalue weighted by Gasteiger charge is 2.32. The summed E-state index contributed by atoms with van der Waals surface area (Å²) in [4.78, 5) is 13.5. The van der Waals surface area contributed by atoms with Gasteiger partial charge in [0.15, 0.2) is 0 Å². The Labute approximate surface area is 131 Å². The molecule has 1 amide bonds. The predicted octanol–water partition coefficient (Wildman–Crippen LogP) is 2.90. The van der Waals surface area contributed by atoms with Crippen molar-refractivity contribution in [2.24, 2.45) is 5.73 Å². The number of nitrogens with two attached hydrogens (primary N) is 1. The molecule has 2 aromatic rings. The molecular weight excluding hydrogens is 272 g/mol. The average molecular weight is 294 g/mol. The molecule has 2 aromatic carbocycles. The van der Waals surface area contributed by atoms with Crippen LogP contribution in [-0.4, -0.2) is 23.4 Å². The van der Waals surface area contributed by atoms with Gasteiger partial charge in [0.25, 0.3) is 0 Å². The SMILES string of the molecule is C[C@H]1C(c2ccccc2)c2ccccc2CN1CCC(N)=O. The lowest BCUT2D eigenvalue weighted by atomic mass is 9.79. The fourth-order valence-electron chi connectivity index (χ4n) is 3.47. The zero-order valence-corrected chi connectivity index (χ0v) is 12.9. The van der Waals surface area contributed by atoms with Crippen LogP contribution in [0.5, 0.6) is 0 Å². The Balaban J connectivity index is 1.97. The van der Waals surface area contributed by atoms with Crippen LogP contribution in [0.4, 0.5) is 0 Å². The number of hydrogen-bond acceptors (Lipinski definition) is 2. The first-order valence-electron chi connectivity index (χ1n) is 7.82. The van der Waals surface area contributed by atoms with Crippen molar-refractivity contribution < 1.29 is 4.79 Å². The molecule has 0 fully saturated rings. The van der Waals surface area contributed by atoms with Crippen LogP contribution in [0.25, 0.3) is 0 Å². The second-order valence-electron chi connectivity index (χ2n) is 6.01. The van der Waals surface area contributed by atoms with Crippen molar-refractivity contribution in [2.45, 2.75) is 31.8 Å². The molecule has 1 aliphatic heterocycles. The van der Waals surface area contributed by atoms with Gasteiger partial charge in [0.05, 0.1) is 0 Å². The molecule has 0 radical (unpaired) electrons. The molecule has 1 heterocycles. The van der Waals surface area contributed by atoms with E-state index in [1.807, 2.05) is 6.07 Å². The smallest absolute Gasteiger partial charge is 0.218 e. The number of hydrogen-bond donors (Lipinski definition) is 1. The molecule has 0 saturated heterocycles. The minimum atomic E-state index is -0.234. The summed E-state index contributed by atoms with van der Waals surface area (Å²) in [5, 5.41) is 0. The number of nitrogens with zero attached hydrogens (tertiary/aromatic N) is 1. The van der Waals surface area contributed by atoms with E-state index < -0.39 is 0 Å². The van der Waals surface area contributed by atoms with Crippen LogP contribution in [0, 0.1) is 0 Å². The summed E-state index contributed by atoms with van der Waals surface area (Å²) in [5.41, 5.74) is 9.40. The molecule has 0 saturated carbocycles. The van der Waals surface area contributed by atoms with Gasteiger partial charge in [-0.05, 0) is 23.6 Å². The monoisotopic (exact) mass is 294 g/mol. The van der Waals surface area contributed by atoms with E-state index in [-0.39, 0.29) is 5.91 Å². The molecule has 3 nitrogen and oxygen atoms in total. The third-order valence-corrected chi connectivity index (χ3v) is 4.63. The van der Waals surface area contributed by atoms with Gasteiger partial charge in [0, 0.05) is 31.5 Å². The summed E-state index contributed by atoms with van der Waals surface area (Å²) in [6.07, 6.45) is 0.411. The molecular formula is C19H22N2O. The van der Waals surface area contributed by atoms with E-state index in [2.05, 4.69) is 60.4 Å². The van der Waals surface area contributed by atoms with Gasteiger partial charge in [0.1, 0.15) is 0 Å². The molecule has 0 aliphatic carbocycles. The van der Waals surface area contributed by atoms with Gasteiger partial charge in [-0.2, -0.15) is 0 Å². The number of fused-ring (bicyclic) bond motifs is 1. The maximum Gasteiger partial charge on any atom is 0.218 e. The highest BCUT2D eigenvalue weighted by atomic mass is 16.1. The normalized spacial score (nSPS) is 21.3. The molecule has 0 aromatic heterocycles. The maximum atomic E-state index is 11.1. The zero-order valence-electron chi connectivity index (χ0n) is 12.9. The fraction of sp³-hybridized carbons (Fsp3) is 0.316. The number of carbonyl (C=O) groups excluding carboxylic acids is 1. The number of benzene rings is 2. The minimum absolute atomic E-state index is 0.234. The second kappa shape index (κ2) is 6.32. The van der Waals surface area contributed by atoms with E-state index in [1.54, 1.807) is 0 Å². The Kier molecular flexibility index (Phi) is 4.25. The summed E-state index contributed by atoms with van der Waals surface area (Å²) in [5.74, 6) is 0.0985. The van der Waals surface area contributed by atoms with Crippen LogP contribution in [-0.2, 0) is 11.3 Å². The van der Waals surface area contributed by atoms with Crippen LogP contribution < -0.4 is 5.73 Å². The van der Waals surface area contributed by atoms with E-state index in [0.29, 0.717) is 24.9 Å².